The smallest absolute Gasteiger partial charge is 0.249 e. The van der Waals surface area contributed by atoms with E-state index in [1.807, 2.05) is 29.2 Å². The number of ether oxygens (including phenoxy) is 1. The number of likely N-dealkylation sites (tertiary alicyclic amines) is 1. The van der Waals surface area contributed by atoms with Gasteiger partial charge in [0.1, 0.15) is 6.61 Å². The van der Waals surface area contributed by atoms with Gasteiger partial charge in [-0.2, -0.15) is 0 Å². The minimum atomic E-state index is -0.132. The Balaban J connectivity index is 2.03. The molecule has 0 bridgehead atoms. The molecule has 132 valence electrons. The highest BCUT2D eigenvalue weighted by Gasteiger charge is 2.31. The first-order valence-corrected chi connectivity index (χ1v) is 8.64. The number of methoxy groups -OCH3 is 1. The second kappa shape index (κ2) is 7.80. The molecular weight excluding hydrogens is 340 g/mol. The van der Waals surface area contributed by atoms with E-state index in [9.17, 15) is 4.79 Å². The molecule has 1 saturated heterocycles. The van der Waals surface area contributed by atoms with Gasteiger partial charge in [-0.3, -0.25) is 4.79 Å². The molecule has 2 N–H and O–H groups in total. The summed E-state index contributed by atoms with van der Waals surface area (Å²) in [6.07, 6.45) is 4.56. The molecule has 6 nitrogen and oxygen atoms in total. The Hall–Kier alpha value is -2.18. The third kappa shape index (κ3) is 3.91. The van der Waals surface area contributed by atoms with E-state index in [4.69, 9.17) is 22.1 Å². The summed E-state index contributed by atoms with van der Waals surface area (Å²) in [4.78, 5) is 22.9. The third-order valence-electron chi connectivity index (χ3n) is 4.40. The Morgan fingerprint density at radius 2 is 2.12 bits per heavy atom. The number of rotatable bonds is 4. The van der Waals surface area contributed by atoms with Crippen LogP contribution in [-0.4, -0.2) is 41.0 Å². The zero-order valence-corrected chi connectivity index (χ0v) is 14.9. The van der Waals surface area contributed by atoms with E-state index in [2.05, 4.69) is 9.97 Å². The standard InChI is InChI=1S/C18H21ClN4O2/c1-25-11-16(24)23-9-3-2-4-15(23)17-14(10-21-18(20)22-17)12-5-7-13(19)8-6-12/h5-8,10,15H,2-4,9,11H2,1H3,(H2,20,21,22). The Bertz CT molecular complexity index is 751. The van der Waals surface area contributed by atoms with Crippen LogP contribution in [0.3, 0.4) is 0 Å². The van der Waals surface area contributed by atoms with Crippen molar-refractivity contribution in [3.05, 3.63) is 41.2 Å². The molecule has 1 fully saturated rings. The molecule has 0 spiro atoms. The number of nitrogens with two attached hydrogens (primary N) is 1. The number of halogens is 1. The molecule has 1 amide bonds. The number of amides is 1. The summed E-state index contributed by atoms with van der Waals surface area (Å²) in [6.45, 7) is 0.754. The molecule has 7 heteroatoms. The number of hydrogen-bond donors (Lipinski definition) is 1. The molecule has 0 saturated carbocycles. The fraction of sp³-hybridized carbons (Fsp3) is 0.389. The van der Waals surface area contributed by atoms with Gasteiger partial charge in [0.2, 0.25) is 11.9 Å². The van der Waals surface area contributed by atoms with Gasteiger partial charge in [0.25, 0.3) is 0 Å². The van der Waals surface area contributed by atoms with E-state index in [0.717, 1.165) is 36.1 Å². The van der Waals surface area contributed by atoms with Crippen LogP contribution in [0.15, 0.2) is 30.5 Å². The number of piperidine rings is 1. The number of benzene rings is 1. The van der Waals surface area contributed by atoms with Gasteiger partial charge < -0.3 is 15.4 Å². The van der Waals surface area contributed by atoms with Gasteiger partial charge in [0.05, 0.1) is 11.7 Å². The molecule has 2 aromatic rings. The summed E-state index contributed by atoms with van der Waals surface area (Å²) in [5, 5.41) is 0.663. The third-order valence-corrected chi connectivity index (χ3v) is 4.65. The van der Waals surface area contributed by atoms with Gasteiger partial charge in [0.15, 0.2) is 0 Å². The van der Waals surface area contributed by atoms with Crippen LogP contribution in [0.1, 0.15) is 31.0 Å². The first kappa shape index (κ1) is 17.6. The van der Waals surface area contributed by atoms with Crippen molar-refractivity contribution in [1.29, 1.82) is 0 Å². The lowest BCUT2D eigenvalue weighted by molar-refractivity contribution is -0.139. The van der Waals surface area contributed by atoms with Gasteiger partial charge in [-0.15, -0.1) is 0 Å². The normalized spacial score (nSPS) is 17.5. The molecule has 25 heavy (non-hydrogen) atoms. The Labute approximate surface area is 152 Å². The largest absolute Gasteiger partial charge is 0.375 e. The summed E-state index contributed by atoms with van der Waals surface area (Å²) in [5.74, 6) is 0.170. The topological polar surface area (TPSA) is 81.3 Å². The molecule has 0 aliphatic carbocycles. The maximum Gasteiger partial charge on any atom is 0.249 e. The molecule has 2 heterocycles. The first-order valence-electron chi connectivity index (χ1n) is 8.27. The minimum absolute atomic E-state index is 0.0357. The molecule has 1 unspecified atom stereocenters. The van der Waals surface area contributed by atoms with Crippen LogP contribution in [0, 0.1) is 0 Å². The van der Waals surface area contributed by atoms with Crippen molar-refractivity contribution < 1.29 is 9.53 Å². The lowest BCUT2D eigenvalue weighted by atomic mass is 9.94. The average molecular weight is 361 g/mol. The predicted octanol–water partition coefficient (Wildman–Crippen LogP) is 3.08. The molecule has 3 rings (SSSR count). The highest BCUT2D eigenvalue weighted by molar-refractivity contribution is 6.30. The van der Waals surface area contributed by atoms with Crippen LogP contribution >= 0.6 is 11.6 Å². The zero-order valence-electron chi connectivity index (χ0n) is 14.1. The van der Waals surface area contributed by atoms with Crippen LogP contribution in [0.2, 0.25) is 5.02 Å². The molecule has 0 radical (unpaired) electrons. The fourth-order valence-corrected chi connectivity index (χ4v) is 3.36. The van der Waals surface area contributed by atoms with Crippen molar-refractivity contribution in [2.75, 3.05) is 26.0 Å². The van der Waals surface area contributed by atoms with Crippen molar-refractivity contribution >= 4 is 23.5 Å². The summed E-state index contributed by atoms with van der Waals surface area (Å²) in [6, 6.07) is 7.36. The zero-order chi connectivity index (χ0) is 17.8. The summed E-state index contributed by atoms with van der Waals surface area (Å²) in [7, 11) is 1.53. The maximum atomic E-state index is 12.5. The summed E-state index contributed by atoms with van der Waals surface area (Å²) >= 11 is 5.99. The highest BCUT2D eigenvalue weighted by Crippen LogP contribution is 2.36. The van der Waals surface area contributed by atoms with Gasteiger partial charge >= 0.3 is 0 Å². The lowest BCUT2D eigenvalue weighted by Gasteiger charge is -2.36. The van der Waals surface area contributed by atoms with Crippen molar-refractivity contribution in [2.24, 2.45) is 0 Å². The molecule has 1 aromatic carbocycles. The van der Waals surface area contributed by atoms with Crippen LogP contribution in [0.4, 0.5) is 5.95 Å². The van der Waals surface area contributed by atoms with Gasteiger partial charge in [0, 0.05) is 30.4 Å². The Morgan fingerprint density at radius 1 is 1.36 bits per heavy atom. The monoisotopic (exact) mass is 360 g/mol. The maximum absolute atomic E-state index is 12.5. The van der Waals surface area contributed by atoms with Crippen LogP contribution in [0.25, 0.3) is 11.1 Å². The van der Waals surface area contributed by atoms with Gasteiger partial charge in [-0.25, -0.2) is 9.97 Å². The molecular formula is C18H21ClN4O2. The van der Waals surface area contributed by atoms with Crippen LogP contribution < -0.4 is 5.73 Å². The first-order chi connectivity index (χ1) is 12.1. The summed E-state index contributed by atoms with van der Waals surface area (Å²) in [5.41, 5.74) is 8.44. The van der Waals surface area contributed by atoms with E-state index in [-0.39, 0.29) is 24.5 Å². The van der Waals surface area contributed by atoms with Crippen LogP contribution in [0.5, 0.6) is 0 Å². The van der Waals surface area contributed by atoms with E-state index in [1.54, 1.807) is 6.20 Å². The SMILES string of the molecule is COCC(=O)N1CCCCC1c1nc(N)ncc1-c1ccc(Cl)cc1. The van der Waals surface area contributed by atoms with E-state index in [1.165, 1.54) is 7.11 Å². The van der Waals surface area contributed by atoms with Crippen molar-refractivity contribution in [2.45, 2.75) is 25.3 Å². The summed E-state index contributed by atoms with van der Waals surface area (Å²) < 4.78 is 5.03. The number of aromatic nitrogens is 2. The van der Waals surface area contributed by atoms with E-state index >= 15 is 0 Å². The van der Waals surface area contributed by atoms with Gasteiger partial charge in [-0.05, 0) is 37.0 Å². The number of nitrogens with zero attached hydrogens (tertiary/aromatic N) is 3. The molecule has 1 aromatic heterocycles. The van der Waals surface area contributed by atoms with E-state index in [0.29, 0.717) is 11.6 Å². The molecule has 1 aliphatic heterocycles. The van der Waals surface area contributed by atoms with Crippen molar-refractivity contribution in [3.63, 3.8) is 0 Å². The predicted molar refractivity (Wildman–Crippen MR) is 97.1 cm³/mol. The number of carbonyl (C=O) groups is 1. The van der Waals surface area contributed by atoms with Crippen LogP contribution in [-0.2, 0) is 9.53 Å². The minimum Gasteiger partial charge on any atom is -0.375 e. The average Bonchev–Trinajstić information content (AvgIpc) is 2.63. The number of anilines is 1. The molecule has 1 atom stereocenters. The van der Waals surface area contributed by atoms with E-state index < -0.39 is 0 Å². The number of nitrogen functional groups attached to an aromatic ring is 1. The van der Waals surface area contributed by atoms with Gasteiger partial charge in [-0.1, -0.05) is 23.7 Å². The quantitative estimate of drug-likeness (QED) is 0.906. The molecule has 1 aliphatic rings. The fourth-order valence-electron chi connectivity index (χ4n) is 3.24. The Morgan fingerprint density at radius 3 is 2.84 bits per heavy atom. The second-order valence-corrected chi connectivity index (χ2v) is 6.50. The second-order valence-electron chi connectivity index (χ2n) is 6.07. The number of carbonyl (C=O) groups excluding carboxylic acids is 1. The number of hydrogen-bond acceptors (Lipinski definition) is 5. The lowest BCUT2D eigenvalue weighted by Crippen LogP contribution is -2.41. The highest BCUT2D eigenvalue weighted by atomic mass is 35.5. The van der Waals surface area contributed by atoms with Crippen molar-refractivity contribution in [1.82, 2.24) is 14.9 Å². The Kier molecular flexibility index (Phi) is 5.50. The van der Waals surface area contributed by atoms with Crippen molar-refractivity contribution in [3.8, 4) is 11.1 Å².